The van der Waals surface area contributed by atoms with Gasteiger partial charge in [0.25, 0.3) is 5.91 Å². The van der Waals surface area contributed by atoms with Crippen LogP contribution in [0.3, 0.4) is 0 Å². The van der Waals surface area contributed by atoms with E-state index in [2.05, 4.69) is 15.3 Å². The standard InChI is InChI=1S/C21H24N2O6/c1-4-27-17-9-7-16(8-10-17)21(25)23-22-13-15-6-11-18(19(12-15)28-5-2)29-14-20(24)26-3/h6-13H,4-5,14H2,1-3H3,(H,23,25)/b22-13+. The minimum atomic E-state index is -0.491. The van der Waals surface area contributed by atoms with Gasteiger partial charge in [-0.05, 0) is 61.9 Å². The van der Waals surface area contributed by atoms with E-state index in [1.807, 2.05) is 13.8 Å². The highest BCUT2D eigenvalue weighted by Crippen LogP contribution is 2.28. The number of ether oxygens (including phenoxy) is 4. The van der Waals surface area contributed by atoms with Crippen LogP contribution in [0.1, 0.15) is 29.8 Å². The van der Waals surface area contributed by atoms with Crippen LogP contribution in [0.5, 0.6) is 17.2 Å². The Hall–Kier alpha value is -3.55. The zero-order chi connectivity index (χ0) is 21.1. The molecular weight excluding hydrogens is 376 g/mol. The molecule has 0 saturated heterocycles. The molecule has 0 atom stereocenters. The molecule has 0 heterocycles. The highest BCUT2D eigenvalue weighted by molar-refractivity contribution is 5.95. The van der Waals surface area contributed by atoms with Crippen molar-refractivity contribution >= 4 is 18.1 Å². The first-order valence-corrected chi connectivity index (χ1v) is 9.10. The van der Waals surface area contributed by atoms with Crippen LogP contribution in [0.4, 0.5) is 0 Å². The lowest BCUT2D eigenvalue weighted by Crippen LogP contribution is -2.17. The molecule has 8 heteroatoms. The van der Waals surface area contributed by atoms with E-state index in [-0.39, 0.29) is 12.5 Å². The normalized spacial score (nSPS) is 10.4. The quantitative estimate of drug-likeness (QED) is 0.374. The Morgan fingerprint density at radius 2 is 1.69 bits per heavy atom. The number of hydrogen-bond donors (Lipinski definition) is 1. The summed E-state index contributed by atoms with van der Waals surface area (Å²) in [5, 5.41) is 3.97. The number of benzene rings is 2. The lowest BCUT2D eigenvalue weighted by molar-refractivity contribution is -0.142. The summed E-state index contributed by atoms with van der Waals surface area (Å²) in [5.41, 5.74) is 3.62. The first kappa shape index (κ1) is 21.7. The van der Waals surface area contributed by atoms with Crippen molar-refractivity contribution in [2.45, 2.75) is 13.8 Å². The van der Waals surface area contributed by atoms with Gasteiger partial charge in [0.05, 0.1) is 26.5 Å². The molecule has 0 fully saturated rings. The smallest absolute Gasteiger partial charge is 0.343 e. The number of methoxy groups -OCH3 is 1. The number of nitrogens with zero attached hydrogens (tertiary/aromatic N) is 1. The molecule has 2 aromatic carbocycles. The first-order chi connectivity index (χ1) is 14.1. The first-order valence-electron chi connectivity index (χ1n) is 9.10. The molecule has 2 aromatic rings. The number of amides is 1. The van der Waals surface area contributed by atoms with Crippen molar-refractivity contribution < 1.29 is 28.5 Å². The zero-order valence-electron chi connectivity index (χ0n) is 16.6. The highest BCUT2D eigenvalue weighted by Gasteiger charge is 2.09. The second-order valence-electron chi connectivity index (χ2n) is 5.66. The number of hydrazone groups is 1. The van der Waals surface area contributed by atoms with Crippen LogP contribution in [0.15, 0.2) is 47.6 Å². The molecule has 0 aliphatic carbocycles. The molecule has 0 aliphatic rings. The van der Waals surface area contributed by atoms with Gasteiger partial charge in [0.1, 0.15) is 5.75 Å². The summed E-state index contributed by atoms with van der Waals surface area (Å²) in [6, 6.07) is 11.9. The molecule has 8 nitrogen and oxygen atoms in total. The van der Waals surface area contributed by atoms with Crippen LogP contribution < -0.4 is 19.6 Å². The Balaban J connectivity index is 2.00. The van der Waals surface area contributed by atoms with Crippen LogP contribution in [0.2, 0.25) is 0 Å². The average molecular weight is 400 g/mol. The van der Waals surface area contributed by atoms with Gasteiger partial charge in [-0.1, -0.05) is 0 Å². The minimum Gasteiger partial charge on any atom is -0.494 e. The van der Waals surface area contributed by atoms with Crippen LogP contribution >= 0.6 is 0 Å². The number of hydrogen-bond acceptors (Lipinski definition) is 7. The summed E-state index contributed by atoms with van der Waals surface area (Å²) in [5.74, 6) is 0.735. The summed E-state index contributed by atoms with van der Waals surface area (Å²) in [7, 11) is 1.29. The summed E-state index contributed by atoms with van der Waals surface area (Å²) in [4.78, 5) is 23.4. The van der Waals surface area contributed by atoms with Crippen molar-refractivity contribution in [3.63, 3.8) is 0 Å². The molecule has 0 bridgehead atoms. The van der Waals surface area contributed by atoms with E-state index < -0.39 is 5.97 Å². The zero-order valence-corrected chi connectivity index (χ0v) is 16.6. The van der Waals surface area contributed by atoms with Gasteiger partial charge in [0, 0.05) is 5.56 Å². The molecule has 1 N–H and O–H groups in total. The number of esters is 1. The van der Waals surface area contributed by atoms with Crippen molar-refractivity contribution in [3.8, 4) is 17.2 Å². The Bertz CT molecular complexity index is 849. The Morgan fingerprint density at radius 1 is 0.966 bits per heavy atom. The largest absolute Gasteiger partial charge is 0.494 e. The van der Waals surface area contributed by atoms with E-state index in [0.717, 1.165) is 0 Å². The van der Waals surface area contributed by atoms with Crippen molar-refractivity contribution in [3.05, 3.63) is 53.6 Å². The fourth-order valence-electron chi connectivity index (χ4n) is 2.29. The molecule has 0 saturated carbocycles. The lowest BCUT2D eigenvalue weighted by Gasteiger charge is -2.11. The second-order valence-corrected chi connectivity index (χ2v) is 5.66. The Morgan fingerprint density at radius 3 is 2.34 bits per heavy atom. The van der Waals surface area contributed by atoms with E-state index in [0.29, 0.717) is 41.6 Å². The second kappa shape index (κ2) is 11.3. The summed E-state index contributed by atoms with van der Waals surface area (Å²) in [6.45, 7) is 4.49. The number of nitrogens with one attached hydrogen (secondary N) is 1. The van der Waals surface area contributed by atoms with E-state index in [9.17, 15) is 9.59 Å². The Kier molecular flexibility index (Phi) is 8.50. The number of carbonyl (C=O) groups is 2. The van der Waals surface area contributed by atoms with Gasteiger partial charge in [-0.2, -0.15) is 5.10 Å². The fourth-order valence-corrected chi connectivity index (χ4v) is 2.29. The average Bonchev–Trinajstić information content (AvgIpc) is 2.73. The third kappa shape index (κ3) is 6.84. The monoisotopic (exact) mass is 400 g/mol. The van der Waals surface area contributed by atoms with Gasteiger partial charge in [0.2, 0.25) is 0 Å². The van der Waals surface area contributed by atoms with E-state index in [1.165, 1.54) is 13.3 Å². The molecule has 0 aliphatic heterocycles. The Labute approximate surface area is 169 Å². The molecule has 1 amide bonds. The minimum absolute atomic E-state index is 0.220. The molecule has 0 aromatic heterocycles. The van der Waals surface area contributed by atoms with E-state index >= 15 is 0 Å². The third-order valence-electron chi connectivity index (χ3n) is 3.65. The maximum Gasteiger partial charge on any atom is 0.343 e. The van der Waals surface area contributed by atoms with Gasteiger partial charge in [-0.25, -0.2) is 10.2 Å². The summed E-state index contributed by atoms with van der Waals surface area (Å²) >= 11 is 0. The molecule has 29 heavy (non-hydrogen) atoms. The predicted octanol–water partition coefficient (Wildman–Crippen LogP) is 2.80. The third-order valence-corrected chi connectivity index (χ3v) is 3.65. The lowest BCUT2D eigenvalue weighted by atomic mass is 10.2. The van der Waals surface area contributed by atoms with Crippen molar-refractivity contribution in [1.82, 2.24) is 5.43 Å². The molecule has 0 radical (unpaired) electrons. The van der Waals surface area contributed by atoms with Crippen LogP contribution in [0, 0.1) is 0 Å². The van der Waals surface area contributed by atoms with Gasteiger partial charge in [-0.15, -0.1) is 0 Å². The van der Waals surface area contributed by atoms with Crippen LogP contribution in [0.25, 0.3) is 0 Å². The molecule has 0 unspecified atom stereocenters. The predicted molar refractivity (Wildman–Crippen MR) is 108 cm³/mol. The SMILES string of the molecule is CCOc1ccc(C(=O)N/N=C/c2ccc(OCC(=O)OC)c(OCC)c2)cc1. The van der Waals surface area contributed by atoms with E-state index in [4.69, 9.17) is 14.2 Å². The van der Waals surface area contributed by atoms with Crippen molar-refractivity contribution in [2.75, 3.05) is 26.9 Å². The maximum absolute atomic E-state index is 12.2. The number of rotatable bonds is 10. The van der Waals surface area contributed by atoms with Crippen molar-refractivity contribution in [1.29, 1.82) is 0 Å². The van der Waals surface area contributed by atoms with Gasteiger partial charge < -0.3 is 18.9 Å². The fraction of sp³-hybridized carbons (Fsp3) is 0.286. The topological polar surface area (TPSA) is 95.5 Å². The molecular formula is C21H24N2O6. The van der Waals surface area contributed by atoms with Crippen molar-refractivity contribution in [2.24, 2.45) is 5.10 Å². The number of carbonyl (C=O) groups excluding carboxylic acids is 2. The van der Waals surface area contributed by atoms with E-state index in [1.54, 1.807) is 42.5 Å². The van der Waals surface area contributed by atoms with Gasteiger partial charge in [-0.3, -0.25) is 4.79 Å². The van der Waals surface area contributed by atoms with Gasteiger partial charge in [0.15, 0.2) is 18.1 Å². The molecule has 154 valence electrons. The van der Waals surface area contributed by atoms with Crippen LogP contribution in [-0.2, 0) is 9.53 Å². The van der Waals surface area contributed by atoms with Gasteiger partial charge >= 0.3 is 5.97 Å². The highest BCUT2D eigenvalue weighted by atomic mass is 16.6. The molecule has 2 rings (SSSR count). The van der Waals surface area contributed by atoms with Crippen LogP contribution in [-0.4, -0.2) is 45.0 Å². The summed E-state index contributed by atoms with van der Waals surface area (Å²) < 4.78 is 20.8. The maximum atomic E-state index is 12.2. The molecule has 0 spiro atoms. The summed E-state index contributed by atoms with van der Waals surface area (Å²) in [6.07, 6.45) is 1.49.